The lowest BCUT2D eigenvalue weighted by Crippen LogP contribution is -2.30. The maximum absolute atomic E-state index is 13.0. The molecule has 14 heteroatoms. The molecule has 0 fully saturated rings. The van der Waals surface area contributed by atoms with E-state index >= 15 is 0 Å². The molecule has 5 N–H and O–H groups in total. The van der Waals surface area contributed by atoms with Gasteiger partial charge in [0.25, 0.3) is 17.0 Å². The Hall–Kier alpha value is -5.86. The lowest BCUT2D eigenvalue weighted by molar-refractivity contribution is 0.0691. The minimum absolute atomic E-state index is 0.0404. The first-order chi connectivity index (χ1) is 27.3. The molecule has 0 aliphatic heterocycles. The Bertz CT molecular complexity index is 2650. The summed E-state index contributed by atoms with van der Waals surface area (Å²) in [6.45, 7) is 12.4. The number of aryl methyl sites for hydroxylation is 4. The van der Waals surface area contributed by atoms with Crippen molar-refractivity contribution in [3.8, 4) is 11.5 Å². The summed E-state index contributed by atoms with van der Waals surface area (Å²) in [6.07, 6.45) is 4.89. The van der Waals surface area contributed by atoms with Crippen LogP contribution in [0.25, 0.3) is 43.4 Å². The third-order valence-corrected chi connectivity index (χ3v) is 10.1. The first-order valence-corrected chi connectivity index (χ1v) is 19.4. The molecule has 6 rings (SSSR count). The van der Waals surface area contributed by atoms with Crippen LogP contribution in [0.3, 0.4) is 0 Å². The van der Waals surface area contributed by atoms with Crippen LogP contribution in [0.5, 0.6) is 11.5 Å². The van der Waals surface area contributed by atoms with Crippen LogP contribution in [0, 0.1) is 25.7 Å². The van der Waals surface area contributed by atoms with Gasteiger partial charge in [-0.3, -0.25) is 24.4 Å². The number of carboxylic acid groups (broad SMARTS) is 1. The molecule has 4 aromatic heterocycles. The first kappa shape index (κ1) is 43.3. The van der Waals surface area contributed by atoms with Gasteiger partial charge in [0, 0.05) is 75.6 Å². The van der Waals surface area contributed by atoms with E-state index in [4.69, 9.17) is 20.9 Å². The van der Waals surface area contributed by atoms with Gasteiger partial charge in [0.15, 0.2) is 0 Å². The number of aromatic carboxylic acids is 1. The highest BCUT2D eigenvalue weighted by Crippen LogP contribution is 2.32. The predicted octanol–water partition coefficient (Wildman–Crippen LogP) is 5.69. The van der Waals surface area contributed by atoms with E-state index in [-0.39, 0.29) is 47.0 Å². The van der Waals surface area contributed by atoms with Crippen LogP contribution >= 0.6 is 0 Å². The summed E-state index contributed by atoms with van der Waals surface area (Å²) in [5.74, 6) is 0.240. The molecule has 0 spiro atoms. The second-order valence-electron chi connectivity index (χ2n) is 16.0. The van der Waals surface area contributed by atoms with Gasteiger partial charge in [-0.2, -0.15) is 0 Å². The van der Waals surface area contributed by atoms with Gasteiger partial charge < -0.3 is 40.1 Å². The number of nitrogens with zero attached hydrogens (tertiary/aromatic N) is 5. The monoisotopic (exact) mass is 793 g/mol. The van der Waals surface area contributed by atoms with Crippen molar-refractivity contribution in [2.45, 2.75) is 66.5 Å². The summed E-state index contributed by atoms with van der Waals surface area (Å²) in [4.78, 5) is 60.5. The fourth-order valence-corrected chi connectivity index (χ4v) is 7.36. The van der Waals surface area contributed by atoms with E-state index in [0.29, 0.717) is 73.7 Å². The number of carboxylic acids is 1. The predicted molar refractivity (Wildman–Crippen MR) is 229 cm³/mol. The van der Waals surface area contributed by atoms with Crippen LogP contribution in [0.15, 0.2) is 58.4 Å². The minimum Gasteiger partial charge on any atom is -0.491 e. The number of carbonyl (C=O) groups is 2. The number of amides is 1. The number of benzene rings is 2. The van der Waals surface area contributed by atoms with E-state index in [2.05, 4.69) is 37.7 Å². The Morgan fingerprint density at radius 2 is 1.10 bits per heavy atom. The molecule has 1 amide bonds. The maximum atomic E-state index is 13.0. The summed E-state index contributed by atoms with van der Waals surface area (Å²) in [7, 11) is 6.78. The fourth-order valence-electron chi connectivity index (χ4n) is 7.36. The second kappa shape index (κ2) is 17.7. The lowest BCUT2D eigenvalue weighted by Gasteiger charge is -2.20. The van der Waals surface area contributed by atoms with Gasteiger partial charge in [-0.1, -0.05) is 27.7 Å². The van der Waals surface area contributed by atoms with E-state index in [1.54, 1.807) is 76.3 Å². The summed E-state index contributed by atoms with van der Waals surface area (Å²) in [5.41, 5.74) is 15.0. The van der Waals surface area contributed by atoms with Crippen molar-refractivity contribution in [1.82, 2.24) is 24.0 Å². The van der Waals surface area contributed by atoms with Crippen LogP contribution in [-0.4, -0.2) is 80.4 Å². The molecular weight excluding hydrogens is 739 g/mol. The number of pyridine rings is 4. The number of carbonyl (C=O) groups excluding carboxylic acids is 1. The van der Waals surface area contributed by atoms with E-state index in [1.165, 1.54) is 9.47 Å². The summed E-state index contributed by atoms with van der Waals surface area (Å²) in [5, 5.41) is 13.7. The molecule has 0 bridgehead atoms. The van der Waals surface area contributed by atoms with Gasteiger partial charge in [-0.05, 0) is 73.6 Å². The van der Waals surface area contributed by atoms with Crippen molar-refractivity contribution >= 4 is 55.2 Å². The Balaban J connectivity index is 0.000000221. The average Bonchev–Trinajstić information content (AvgIpc) is 3.16. The number of nitrogens with two attached hydrogens (primary N) is 2. The Kier molecular flexibility index (Phi) is 13.2. The largest absolute Gasteiger partial charge is 0.491 e. The van der Waals surface area contributed by atoms with Crippen LogP contribution < -0.4 is 32.1 Å². The van der Waals surface area contributed by atoms with E-state index < -0.39 is 5.97 Å². The number of rotatable bonds is 12. The normalized spacial score (nSPS) is 12.6. The Morgan fingerprint density at radius 1 is 0.707 bits per heavy atom. The molecule has 0 aliphatic carbocycles. The quantitative estimate of drug-likeness (QED) is 0.129. The van der Waals surface area contributed by atoms with Crippen molar-refractivity contribution in [2.24, 2.45) is 37.4 Å². The van der Waals surface area contributed by atoms with Crippen LogP contribution in [0.2, 0.25) is 0 Å². The van der Waals surface area contributed by atoms with Crippen molar-refractivity contribution in [2.75, 3.05) is 27.3 Å². The summed E-state index contributed by atoms with van der Waals surface area (Å²) < 4.78 is 14.9. The van der Waals surface area contributed by atoms with Crippen molar-refractivity contribution in [3.05, 3.63) is 92.0 Å². The van der Waals surface area contributed by atoms with Gasteiger partial charge in [0.2, 0.25) is 0 Å². The molecule has 4 heterocycles. The summed E-state index contributed by atoms with van der Waals surface area (Å²) in [6, 6.07) is 9.95. The highest BCUT2D eigenvalue weighted by molar-refractivity contribution is 6.11. The standard InChI is InChI=1S/C23H30N4O3.C21H25N3O4/c1-13(2)9-15(24)12-30-20-11-19-17(10-18(20)22(28)26(4)5)16-7-8-25-14(3)21(16)23(29)27(19)6;1-11(2)7-13(22)10-28-18-9-17-15(8-16(18)21(26)27)14-5-6-23-12(3)19(14)20(25)24(17)4/h7-8,10-11,13,15H,9,12,24H2,1-6H3;5-6,8-9,11,13H,7,10,22H2,1-4H3,(H,26,27)/t15-;13-/m00/s1. The van der Waals surface area contributed by atoms with Crippen LogP contribution in [0.4, 0.5) is 0 Å². The lowest BCUT2D eigenvalue weighted by atomic mass is 10.0. The minimum atomic E-state index is -1.10. The Morgan fingerprint density at radius 3 is 1.48 bits per heavy atom. The number of aromatic nitrogens is 4. The van der Waals surface area contributed by atoms with Gasteiger partial charge in [0.05, 0.1) is 38.8 Å². The van der Waals surface area contributed by atoms with E-state index in [1.807, 2.05) is 19.1 Å². The van der Waals surface area contributed by atoms with E-state index in [9.17, 15) is 24.3 Å². The molecule has 308 valence electrons. The third kappa shape index (κ3) is 8.98. The zero-order chi connectivity index (χ0) is 42.7. The molecule has 0 saturated carbocycles. The number of fused-ring (bicyclic) bond motifs is 6. The molecule has 14 nitrogen and oxygen atoms in total. The molecule has 6 aromatic rings. The van der Waals surface area contributed by atoms with Crippen LogP contribution in [-0.2, 0) is 14.1 Å². The smallest absolute Gasteiger partial charge is 0.339 e. The van der Waals surface area contributed by atoms with Crippen molar-refractivity contribution in [1.29, 1.82) is 0 Å². The van der Waals surface area contributed by atoms with Crippen molar-refractivity contribution < 1.29 is 24.2 Å². The third-order valence-electron chi connectivity index (χ3n) is 10.1. The average molecular weight is 794 g/mol. The van der Waals surface area contributed by atoms with Crippen LogP contribution in [0.1, 0.15) is 72.6 Å². The van der Waals surface area contributed by atoms with Crippen molar-refractivity contribution in [3.63, 3.8) is 0 Å². The molecule has 0 radical (unpaired) electrons. The zero-order valence-corrected chi connectivity index (χ0v) is 35.0. The van der Waals surface area contributed by atoms with Gasteiger partial charge in [-0.15, -0.1) is 0 Å². The maximum Gasteiger partial charge on any atom is 0.339 e. The molecule has 2 atom stereocenters. The topological polar surface area (TPSA) is 198 Å². The molecule has 0 saturated heterocycles. The molecule has 2 aromatic carbocycles. The van der Waals surface area contributed by atoms with Gasteiger partial charge in [0.1, 0.15) is 30.3 Å². The number of ether oxygens (including phenoxy) is 2. The second-order valence-corrected chi connectivity index (χ2v) is 16.0. The summed E-state index contributed by atoms with van der Waals surface area (Å²) >= 11 is 0. The van der Waals surface area contributed by atoms with E-state index in [0.717, 1.165) is 23.6 Å². The molecule has 0 unspecified atom stereocenters. The highest BCUT2D eigenvalue weighted by atomic mass is 16.5. The zero-order valence-electron chi connectivity index (χ0n) is 35.0. The SMILES string of the molecule is Cc1nccc2c1c(=O)n(C)c1cc(OC[C@@H](N)CC(C)C)c(C(=O)N(C)C)cc21.Cc1nccc2c1c(=O)n(C)c1cc(OC[C@@H](N)CC(C)C)c(C(=O)O)cc21. The van der Waals surface area contributed by atoms with Gasteiger partial charge in [-0.25, -0.2) is 4.79 Å². The number of hydrogen-bond acceptors (Lipinski definition) is 10. The first-order valence-electron chi connectivity index (χ1n) is 19.4. The molecular formula is C44H55N7O7. The molecule has 58 heavy (non-hydrogen) atoms. The molecule has 0 aliphatic rings. The Labute approximate surface area is 337 Å². The fraction of sp³-hybridized carbons (Fsp3) is 0.409. The number of hydrogen-bond donors (Lipinski definition) is 3. The highest BCUT2D eigenvalue weighted by Gasteiger charge is 2.22. The van der Waals surface area contributed by atoms with Gasteiger partial charge >= 0.3 is 5.97 Å².